The number of ether oxygens (including phenoxy) is 1. The highest BCUT2D eigenvalue weighted by atomic mass is 35.5. The topological polar surface area (TPSA) is 46.6 Å². The molecule has 6 heteroatoms. The SMILES string of the molecule is COC1CCSc2c(C)cc(C(=O)/C(=C/N(C)C)C(=O)C3CC3)c(Cl)c21. The van der Waals surface area contributed by atoms with Gasteiger partial charge in [0.1, 0.15) is 0 Å². The van der Waals surface area contributed by atoms with E-state index in [1.807, 2.05) is 27.1 Å². The summed E-state index contributed by atoms with van der Waals surface area (Å²) in [6, 6.07) is 1.82. The van der Waals surface area contributed by atoms with Gasteiger partial charge in [0.2, 0.25) is 0 Å². The van der Waals surface area contributed by atoms with Gasteiger partial charge in [-0.3, -0.25) is 9.59 Å². The smallest absolute Gasteiger partial charge is 0.199 e. The summed E-state index contributed by atoms with van der Waals surface area (Å²) in [4.78, 5) is 28.8. The second-order valence-electron chi connectivity index (χ2n) is 7.13. The van der Waals surface area contributed by atoms with Crippen molar-refractivity contribution in [1.29, 1.82) is 0 Å². The molecule has 26 heavy (non-hydrogen) atoms. The number of aryl methyl sites for hydroxylation is 1. The van der Waals surface area contributed by atoms with Crippen LogP contribution in [0.5, 0.6) is 0 Å². The molecule has 1 aliphatic carbocycles. The Balaban J connectivity index is 2.09. The summed E-state index contributed by atoms with van der Waals surface area (Å²) in [6.45, 7) is 1.98. The van der Waals surface area contributed by atoms with Crippen LogP contribution in [0.4, 0.5) is 0 Å². The largest absolute Gasteiger partial charge is 0.383 e. The lowest BCUT2D eigenvalue weighted by molar-refractivity contribution is -0.116. The molecule has 140 valence electrons. The Morgan fingerprint density at radius 1 is 1.31 bits per heavy atom. The van der Waals surface area contributed by atoms with Gasteiger partial charge in [-0.2, -0.15) is 0 Å². The van der Waals surface area contributed by atoms with Crippen LogP contribution in [0.3, 0.4) is 0 Å². The molecule has 2 aliphatic rings. The van der Waals surface area contributed by atoms with Gasteiger partial charge < -0.3 is 9.64 Å². The van der Waals surface area contributed by atoms with Crippen LogP contribution in [0, 0.1) is 12.8 Å². The molecule has 3 rings (SSSR count). The summed E-state index contributed by atoms with van der Waals surface area (Å²) >= 11 is 8.43. The molecule has 0 bridgehead atoms. The van der Waals surface area contributed by atoms with Crippen LogP contribution in [-0.4, -0.2) is 43.4 Å². The number of allylic oxidation sites excluding steroid dienone is 1. The Kier molecular flexibility index (Phi) is 5.80. The molecule has 4 nitrogen and oxygen atoms in total. The zero-order chi connectivity index (χ0) is 19.0. The van der Waals surface area contributed by atoms with E-state index in [2.05, 4.69) is 0 Å². The molecular weight excluding hydrogens is 370 g/mol. The van der Waals surface area contributed by atoms with Gasteiger partial charge in [0.15, 0.2) is 11.6 Å². The molecule has 1 aromatic carbocycles. The quantitative estimate of drug-likeness (QED) is 0.309. The number of methoxy groups -OCH3 is 1. The molecule has 1 aromatic rings. The first-order valence-corrected chi connectivity index (χ1v) is 10.2. The highest BCUT2D eigenvalue weighted by Gasteiger charge is 2.36. The predicted octanol–water partition coefficient (Wildman–Crippen LogP) is 4.44. The number of thioether (sulfide) groups is 1. The number of Topliss-reactive ketones (excluding diaryl/α,β-unsaturated/α-hetero) is 2. The fourth-order valence-corrected chi connectivity index (χ4v) is 4.92. The normalized spacial score (nSPS) is 19.9. The van der Waals surface area contributed by atoms with Gasteiger partial charge in [-0.1, -0.05) is 11.6 Å². The fraction of sp³-hybridized carbons (Fsp3) is 0.500. The average molecular weight is 394 g/mol. The van der Waals surface area contributed by atoms with Crippen LogP contribution in [-0.2, 0) is 9.53 Å². The summed E-state index contributed by atoms with van der Waals surface area (Å²) in [7, 11) is 5.29. The molecule has 0 radical (unpaired) electrons. The van der Waals surface area contributed by atoms with Gasteiger partial charge in [0.25, 0.3) is 0 Å². The minimum absolute atomic E-state index is 0.0232. The highest BCUT2D eigenvalue weighted by Crippen LogP contribution is 2.45. The minimum Gasteiger partial charge on any atom is -0.383 e. The predicted molar refractivity (Wildman–Crippen MR) is 105 cm³/mol. The summed E-state index contributed by atoms with van der Waals surface area (Å²) in [6.07, 6.45) is 4.07. The van der Waals surface area contributed by atoms with E-state index >= 15 is 0 Å². The number of hydrogen-bond donors (Lipinski definition) is 0. The Morgan fingerprint density at radius 3 is 2.58 bits per heavy atom. The van der Waals surface area contributed by atoms with E-state index in [-0.39, 0.29) is 29.2 Å². The number of fused-ring (bicyclic) bond motifs is 1. The Hall–Kier alpha value is -1.30. The van der Waals surface area contributed by atoms with E-state index in [9.17, 15) is 9.59 Å². The lowest BCUT2D eigenvalue weighted by Crippen LogP contribution is -2.20. The van der Waals surface area contributed by atoms with Crippen molar-refractivity contribution in [2.75, 3.05) is 27.0 Å². The number of carbonyl (C=O) groups is 2. The maximum absolute atomic E-state index is 13.3. The van der Waals surface area contributed by atoms with Crippen LogP contribution in [0.2, 0.25) is 5.02 Å². The maximum atomic E-state index is 13.3. The molecule has 1 saturated carbocycles. The number of halogens is 1. The van der Waals surface area contributed by atoms with Crippen LogP contribution in [0.25, 0.3) is 0 Å². The highest BCUT2D eigenvalue weighted by molar-refractivity contribution is 7.99. The van der Waals surface area contributed by atoms with Crippen LogP contribution in [0.1, 0.15) is 46.9 Å². The molecule has 1 heterocycles. The van der Waals surface area contributed by atoms with E-state index in [1.54, 1.807) is 30.0 Å². The first-order chi connectivity index (χ1) is 12.3. The average Bonchev–Trinajstić information content (AvgIpc) is 3.46. The molecule has 1 unspecified atom stereocenters. The van der Waals surface area contributed by atoms with Crippen LogP contribution < -0.4 is 0 Å². The van der Waals surface area contributed by atoms with Gasteiger partial charge in [-0.05, 0) is 37.8 Å². The zero-order valence-electron chi connectivity index (χ0n) is 15.6. The Bertz CT molecular complexity index is 784. The Labute approximate surface area is 163 Å². The standard InChI is InChI=1S/C20H24ClNO3S/c1-11-9-13(17(21)16-15(25-4)7-8-26-20(11)16)19(24)14(10-22(2)3)18(23)12-5-6-12/h9-10,12,15H,5-8H2,1-4H3/b14-10+. The van der Waals surface area contributed by atoms with Gasteiger partial charge in [-0.25, -0.2) is 0 Å². The van der Waals surface area contributed by atoms with E-state index in [4.69, 9.17) is 16.3 Å². The van der Waals surface area contributed by atoms with Crippen molar-refractivity contribution in [3.05, 3.63) is 39.6 Å². The maximum Gasteiger partial charge on any atom is 0.199 e. The lowest BCUT2D eigenvalue weighted by atomic mass is 9.93. The number of hydrogen-bond acceptors (Lipinski definition) is 5. The van der Waals surface area contributed by atoms with Crippen LogP contribution >= 0.6 is 23.4 Å². The fourth-order valence-electron chi connectivity index (χ4n) is 3.30. The van der Waals surface area contributed by atoms with E-state index < -0.39 is 0 Å². The van der Waals surface area contributed by atoms with Gasteiger partial charge >= 0.3 is 0 Å². The summed E-state index contributed by atoms with van der Waals surface area (Å²) in [5.74, 6) is 0.566. The molecule has 0 spiro atoms. The third-order valence-corrected chi connectivity index (χ3v) is 6.44. The van der Waals surface area contributed by atoms with Gasteiger partial charge in [0.05, 0.1) is 16.7 Å². The molecule has 0 aromatic heterocycles. The molecular formula is C20H24ClNO3S. The first-order valence-electron chi connectivity index (χ1n) is 8.80. The molecule has 0 N–H and O–H groups in total. The Morgan fingerprint density at radius 2 is 2.00 bits per heavy atom. The first kappa shape index (κ1) is 19.5. The minimum atomic E-state index is -0.295. The van der Waals surface area contributed by atoms with Crippen molar-refractivity contribution in [2.45, 2.75) is 37.2 Å². The van der Waals surface area contributed by atoms with Gasteiger partial charge in [-0.15, -0.1) is 11.8 Å². The second kappa shape index (κ2) is 7.75. The molecule has 1 fully saturated rings. The molecule has 1 atom stereocenters. The number of carbonyl (C=O) groups excluding carboxylic acids is 2. The monoisotopic (exact) mass is 393 g/mol. The number of nitrogens with zero attached hydrogens (tertiary/aromatic N) is 1. The molecule has 0 amide bonds. The molecule has 0 saturated heterocycles. The second-order valence-corrected chi connectivity index (χ2v) is 8.62. The number of benzene rings is 1. The third kappa shape index (κ3) is 3.71. The van der Waals surface area contributed by atoms with E-state index in [0.29, 0.717) is 10.6 Å². The molecule has 1 aliphatic heterocycles. The van der Waals surface area contributed by atoms with Crippen molar-refractivity contribution in [3.8, 4) is 0 Å². The van der Waals surface area contributed by atoms with Gasteiger partial charge in [0, 0.05) is 55.1 Å². The van der Waals surface area contributed by atoms with Crippen molar-refractivity contribution in [1.82, 2.24) is 4.90 Å². The zero-order valence-corrected chi connectivity index (χ0v) is 17.2. The van der Waals surface area contributed by atoms with Crippen molar-refractivity contribution >= 4 is 34.9 Å². The van der Waals surface area contributed by atoms with Crippen molar-refractivity contribution < 1.29 is 14.3 Å². The van der Waals surface area contributed by atoms with E-state index in [1.165, 1.54) is 0 Å². The summed E-state index contributed by atoms with van der Waals surface area (Å²) < 4.78 is 5.61. The number of ketones is 2. The third-order valence-electron chi connectivity index (χ3n) is 4.76. The lowest BCUT2D eigenvalue weighted by Gasteiger charge is -2.27. The van der Waals surface area contributed by atoms with Crippen molar-refractivity contribution in [3.63, 3.8) is 0 Å². The number of rotatable bonds is 6. The summed E-state index contributed by atoms with van der Waals surface area (Å²) in [5.41, 5.74) is 2.50. The van der Waals surface area contributed by atoms with Crippen molar-refractivity contribution in [2.24, 2.45) is 5.92 Å². The van der Waals surface area contributed by atoms with E-state index in [0.717, 1.165) is 41.0 Å². The summed E-state index contributed by atoms with van der Waals surface area (Å²) in [5, 5.41) is 0.419. The van der Waals surface area contributed by atoms with Crippen LogP contribution in [0.15, 0.2) is 22.7 Å².